The molecule has 0 aromatic heterocycles. The second kappa shape index (κ2) is 4.92. The van der Waals surface area contributed by atoms with Gasteiger partial charge in [0.05, 0.1) is 11.3 Å². The molecule has 1 atom stereocenters. The van der Waals surface area contributed by atoms with Crippen LogP contribution in [0.1, 0.15) is 30.1 Å². The van der Waals surface area contributed by atoms with Gasteiger partial charge in [0.25, 0.3) is 5.91 Å². The Morgan fingerprint density at radius 1 is 1.39 bits per heavy atom. The number of likely N-dealkylation sites (tertiary alicyclic amines) is 1. The van der Waals surface area contributed by atoms with Crippen molar-refractivity contribution >= 4 is 11.6 Å². The Morgan fingerprint density at radius 2 is 2.11 bits per heavy atom. The van der Waals surface area contributed by atoms with E-state index in [1.807, 2.05) is 0 Å². The van der Waals surface area contributed by atoms with Gasteiger partial charge in [0.1, 0.15) is 11.6 Å². The van der Waals surface area contributed by atoms with Gasteiger partial charge in [-0.1, -0.05) is 6.92 Å². The van der Waals surface area contributed by atoms with Gasteiger partial charge in [-0.05, 0) is 24.8 Å². The van der Waals surface area contributed by atoms with Crippen molar-refractivity contribution in [3.05, 3.63) is 29.3 Å². The van der Waals surface area contributed by atoms with E-state index in [1.54, 1.807) is 4.90 Å². The topological polar surface area (TPSA) is 46.3 Å². The molecule has 1 amide bonds. The molecule has 1 fully saturated rings. The molecule has 2 rings (SSSR count). The Bertz CT molecular complexity index is 476. The maximum atomic E-state index is 13.6. The van der Waals surface area contributed by atoms with E-state index >= 15 is 0 Å². The lowest BCUT2D eigenvalue weighted by Gasteiger charge is -2.31. The maximum Gasteiger partial charge on any atom is 0.256 e. The summed E-state index contributed by atoms with van der Waals surface area (Å²) in [5.74, 6) is -1.70. The number of amides is 1. The minimum absolute atomic E-state index is 0.150. The molecular weight excluding hydrogens is 238 g/mol. The highest BCUT2D eigenvalue weighted by Crippen LogP contribution is 2.22. The number of nitrogens with zero attached hydrogens (tertiary/aromatic N) is 1. The number of carbonyl (C=O) groups excluding carboxylic acids is 1. The van der Waals surface area contributed by atoms with Crippen molar-refractivity contribution in [3.8, 4) is 0 Å². The van der Waals surface area contributed by atoms with E-state index in [2.05, 4.69) is 6.92 Å². The largest absolute Gasteiger partial charge is 0.396 e. The van der Waals surface area contributed by atoms with Crippen molar-refractivity contribution in [2.75, 3.05) is 18.8 Å². The van der Waals surface area contributed by atoms with Crippen LogP contribution in [0.2, 0.25) is 0 Å². The van der Waals surface area contributed by atoms with Gasteiger partial charge in [0.2, 0.25) is 0 Å². The van der Waals surface area contributed by atoms with Gasteiger partial charge in [-0.15, -0.1) is 0 Å². The van der Waals surface area contributed by atoms with Gasteiger partial charge in [-0.2, -0.15) is 0 Å². The predicted molar refractivity (Wildman–Crippen MR) is 65.1 cm³/mol. The van der Waals surface area contributed by atoms with Gasteiger partial charge in [0, 0.05) is 19.2 Å². The Balaban J connectivity index is 2.25. The number of piperidine rings is 1. The number of anilines is 1. The second-order valence-corrected chi connectivity index (χ2v) is 4.85. The summed E-state index contributed by atoms with van der Waals surface area (Å²) in [5, 5.41) is 0. The third-order valence-corrected chi connectivity index (χ3v) is 3.26. The molecule has 3 nitrogen and oxygen atoms in total. The van der Waals surface area contributed by atoms with E-state index in [0.29, 0.717) is 25.1 Å². The summed E-state index contributed by atoms with van der Waals surface area (Å²) < 4.78 is 26.6. The fraction of sp³-hybridized carbons (Fsp3) is 0.462. The smallest absolute Gasteiger partial charge is 0.256 e. The van der Waals surface area contributed by atoms with Crippen LogP contribution in [0.15, 0.2) is 12.1 Å². The Kier molecular flexibility index (Phi) is 3.50. The van der Waals surface area contributed by atoms with Crippen LogP contribution in [0.4, 0.5) is 14.5 Å². The van der Waals surface area contributed by atoms with Gasteiger partial charge < -0.3 is 10.6 Å². The summed E-state index contributed by atoms with van der Waals surface area (Å²) in [6.45, 7) is 3.27. The summed E-state index contributed by atoms with van der Waals surface area (Å²) in [6.07, 6.45) is 1.98. The predicted octanol–water partition coefficient (Wildman–Crippen LogP) is 2.42. The minimum atomic E-state index is -0.857. The highest BCUT2D eigenvalue weighted by atomic mass is 19.1. The number of halogens is 2. The molecule has 1 aliphatic rings. The third kappa shape index (κ3) is 2.44. The summed E-state index contributed by atoms with van der Waals surface area (Å²) in [6, 6.07) is 1.74. The van der Waals surface area contributed by atoms with Crippen molar-refractivity contribution in [2.24, 2.45) is 5.92 Å². The first kappa shape index (κ1) is 12.8. The molecule has 0 aliphatic carbocycles. The molecule has 1 saturated heterocycles. The van der Waals surface area contributed by atoms with Crippen LogP contribution in [0, 0.1) is 17.6 Å². The number of carbonyl (C=O) groups is 1. The number of benzene rings is 1. The Labute approximate surface area is 105 Å². The van der Waals surface area contributed by atoms with Crippen molar-refractivity contribution in [2.45, 2.75) is 19.8 Å². The molecular formula is C13H16F2N2O. The number of nitrogen functional groups attached to an aromatic ring is 1. The van der Waals surface area contributed by atoms with Crippen LogP contribution in [-0.2, 0) is 0 Å². The molecule has 1 aromatic rings. The monoisotopic (exact) mass is 254 g/mol. The second-order valence-electron chi connectivity index (χ2n) is 4.85. The van der Waals surface area contributed by atoms with Crippen molar-refractivity contribution in [1.29, 1.82) is 0 Å². The van der Waals surface area contributed by atoms with Gasteiger partial charge >= 0.3 is 0 Å². The summed E-state index contributed by atoms with van der Waals surface area (Å²) in [5.41, 5.74) is 5.02. The van der Waals surface area contributed by atoms with Crippen molar-refractivity contribution < 1.29 is 13.6 Å². The van der Waals surface area contributed by atoms with E-state index in [-0.39, 0.29) is 11.3 Å². The van der Waals surface area contributed by atoms with Gasteiger partial charge in [0.15, 0.2) is 0 Å². The van der Waals surface area contributed by atoms with Crippen LogP contribution >= 0.6 is 0 Å². The first-order valence-electron chi connectivity index (χ1n) is 6.03. The Hall–Kier alpha value is -1.65. The molecule has 2 N–H and O–H groups in total. The van der Waals surface area contributed by atoms with Crippen LogP contribution in [0.25, 0.3) is 0 Å². The standard InChI is InChI=1S/C13H16F2N2O/c1-8-3-2-4-17(7-8)13(18)9-5-12(16)11(15)6-10(9)14/h5-6,8H,2-4,7,16H2,1H3. The summed E-state index contributed by atoms with van der Waals surface area (Å²) in [4.78, 5) is 13.7. The minimum Gasteiger partial charge on any atom is -0.396 e. The zero-order valence-electron chi connectivity index (χ0n) is 10.2. The highest BCUT2D eigenvalue weighted by molar-refractivity contribution is 5.95. The fourth-order valence-corrected chi connectivity index (χ4v) is 2.27. The maximum absolute atomic E-state index is 13.6. The van der Waals surface area contributed by atoms with E-state index < -0.39 is 17.5 Å². The molecule has 5 heteroatoms. The number of nitrogens with two attached hydrogens (primary N) is 1. The average molecular weight is 254 g/mol. The van der Waals surface area contributed by atoms with E-state index in [1.165, 1.54) is 0 Å². The number of hydrogen-bond donors (Lipinski definition) is 1. The number of hydrogen-bond acceptors (Lipinski definition) is 2. The van der Waals surface area contributed by atoms with Crippen LogP contribution in [0.5, 0.6) is 0 Å². The zero-order valence-corrected chi connectivity index (χ0v) is 10.2. The van der Waals surface area contributed by atoms with Crippen molar-refractivity contribution in [1.82, 2.24) is 4.90 Å². The molecule has 0 spiro atoms. The lowest BCUT2D eigenvalue weighted by molar-refractivity contribution is 0.0678. The summed E-state index contributed by atoms with van der Waals surface area (Å²) in [7, 11) is 0. The molecule has 1 heterocycles. The van der Waals surface area contributed by atoms with Crippen LogP contribution in [0.3, 0.4) is 0 Å². The van der Waals surface area contributed by atoms with Crippen LogP contribution < -0.4 is 5.73 Å². The molecule has 1 aromatic carbocycles. The number of rotatable bonds is 1. The molecule has 1 aliphatic heterocycles. The first-order valence-corrected chi connectivity index (χ1v) is 6.03. The van der Waals surface area contributed by atoms with E-state index in [0.717, 1.165) is 18.9 Å². The van der Waals surface area contributed by atoms with Gasteiger partial charge in [-0.25, -0.2) is 8.78 Å². The molecule has 1 unspecified atom stereocenters. The third-order valence-electron chi connectivity index (χ3n) is 3.26. The normalized spacial score (nSPS) is 19.9. The quantitative estimate of drug-likeness (QED) is 0.782. The van der Waals surface area contributed by atoms with E-state index in [9.17, 15) is 13.6 Å². The van der Waals surface area contributed by atoms with E-state index in [4.69, 9.17) is 5.73 Å². The lowest BCUT2D eigenvalue weighted by atomic mass is 9.99. The van der Waals surface area contributed by atoms with Crippen LogP contribution in [-0.4, -0.2) is 23.9 Å². The SMILES string of the molecule is CC1CCCN(C(=O)c2cc(N)c(F)cc2F)C1. The summed E-state index contributed by atoms with van der Waals surface area (Å²) >= 11 is 0. The molecule has 0 radical (unpaired) electrons. The molecule has 0 bridgehead atoms. The Morgan fingerprint density at radius 3 is 2.78 bits per heavy atom. The molecule has 18 heavy (non-hydrogen) atoms. The van der Waals surface area contributed by atoms with Gasteiger partial charge in [-0.3, -0.25) is 4.79 Å². The fourth-order valence-electron chi connectivity index (χ4n) is 2.27. The first-order chi connectivity index (χ1) is 8.49. The molecule has 98 valence electrons. The highest BCUT2D eigenvalue weighted by Gasteiger charge is 2.24. The average Bonchev–Trinajstić information content (AvgIpc) is 2.33. The lowest BCUT2D eigenvalue weighted by Crippen LogP contribution is -2.39. The van der Waals surface area contributed by atoms with Crippen molar-refractivity contribution in [3.63, 3.8) is 0 Å². The zero-order chi connectivity index (χ0) is 13.3. The molecule has 0 saturated carbocycles.